The van der Waals surface area contributed by atoms with E-state index in [1.165, 1.54) is 100 Å². The van der Waals surface area contributed by atoms with Crippen LogP contribution in [-0.4, -0.2) is 16.6 Å². The fourth-order valence-electron chi connectivity index (χ4n) is 5.37. The summed E-state index contributed by atoms with van der Waals surface area (Å²) in [4.78, 5) is 8.87. The Bertz CT molecular complexity index is 989. The Kier molecular flexibility index (Phi) is 10.8. The van der Waals surface area contributed by atoms with Crippen molar-refractivity contribution in [1.29, 1.82) is 0 Å². The maximum atomic E-state index is 5.78. The number of unbranched alkanes of at least 4 members (excludes halogenated alkanes) is 6. The van der Waals surface area contributed by atoms with Crippen LogP contribution in [-0.2, 0) is 6.42 Å². The Morgan fingerprint density at radius 3 is 1.92 bits per heavy atom. The largest absolute Gasteiger partial charge is 0.463 e. The van der Waals surface area contributed by atoms with Crippen LogP contribution in [0, 0.1) is 5.92 Å². The van der Waals surface area contributed by atoms with Gasteiger partial charge in [0.05, 0.1) is 6.61 Å². The van der Waals surface area contributed by atoms with Gasteiger partial charge in [0.1, 0.15) is 0 Å². The second kappa shape index (κ2) is 14.8. The van der Waals surface area contributed by atoms with Crippen molar-refractivity contribution in [3.8, 4) is 28.3 Å². The van der Waals surface area contributed by atoms with Gasteiger partial charge < -0.3 is 4.74 Å². The second-order valence-electron chi connectivity index (χ2n) is 10.5. The molecule has 0 bridgehead atoms. The molecule has 0 amide bonds. The van der Waals surface area contributed by atoms with Gasteiger partial charge in [-0.25, -0.2) is 9.97 Å². The number of benzene rings is 2. The van der Waals surface area contributed by atoms with E-state index < -0.39 is 0 Å². The first-order chi connectivity index (χ1) is 17.8. The molecule has 3 heteroatoms. The molecule has 192 valence electrons. The molecule has 1 aromatic heterocycles. The van der Waals surface area contributed by atoms with Crippen LogP contribution in [0.1, 0.15) is 96.0 Å². The van der Waals surface area contributed by atoms with E-state index in [0.29, 0.717) is 12.6 Å². The minimum atomic E-state index is 0.483. The van der Waals surface area contributed by atoms with Gasteiger partial charge in [-0.15, -0.1) is 0 Å². The zero-order valence-corrected chi connectivity index (χ0v) is 22.3. The van der Waals surface area contributed by atoms with Gasteiger partial charge in [-0.1, -0.05) is 126 Å². The normalized spacial score (nSPS) is 13.8. The van der Waals surface area contributed by atoms with Gasteiger partial charge in [0.15, 0.2) is 0 Å². The molecule has 1 aliphatic rings. The van der Waals surface area contributed by atoms with Gasteiger partial charge in [-0.05, 0) is 47.4 Å². The van der Waals surface area contributed by atoms with Gasteiger partial charge in [-0.3, -0.25) is 0 Å². The number of rotatable bonds is 15. The van der Waals surface area contributed by atoms with Gasteiger partial charge in [0.2, 0.25) is 0 Å². The Labute approximate surface area is 218 Å². The summed E-state index contributed by atoms with van der Waals surface area (Å²) >= 11 is 0. The molecule has 0 spiro atoms. The average molecular weight is 485 g/mol. The number of nitrogens with zero attached hydrogens (tertiary/aromatic N) is 2. The fourth-order valence-corrected chi connectivity index (χ4v) is 5.37. The van der Waals surface area contributed by atoms with Crippen LogP contribution in [0.5, 0.6) is 6.01 Å². The minimum absolute atomic E-state index is 0.483. The zero-order chi connectivity index (χ0) is 24.8. The standard InChI is InChI=1S/C33H44N2O/c1-2-3-4-7-13-28-16-18-29(19-17-28)30-20-22-31(23-21-30)32-25-34-33(35-26-32)36-24-11-6-5-8-12-27-14-9-10-15-27/h16-23,25-27H,2-15,24H2,1H3. The van der Waals surface area contributed by atoms with Crippen molar-refractivity contribution >= 4 is 0 Å². The number of aryl methyl sites for hydroxylation is 1. The third kappa shape index (κ3) is 8.47. The smallest absolute Gasteiger partial charge is 0.316 e. The quantitative estimate of drug-likeness (QED) is 0.201. The molecule has 1 fully saturated rings. The highest BCUT2D eigenvalue weighted by atomic mass is 16.5. The van der Waals surface area contributed by atoms with Crippen LogP contribution >= 0.6 is 0 Å². The first kappa shape index (κ1) is 26.4. The van der Waals surface area contributed by atoms with E-state index in [1.807, 2.05) is 12.4 Å². The van der Waals surface area contributed by atoms with Crippen molar-refractivity contribution in [3.63, 3.8) is 0 Å². The molecule has 0 saturated heterocycles. The molecule has 1 saturated carbocycles. The molecule has 3 aromatic rings. The van der Waals surface area contributed by atoms with Gasteiger partial charge in [0.25, 0.3) is 0 Å². The predicted octanol–water partition coefficient (Wildman–Crippen LogP) is 9.45. The lowest BCUT2D eigenvalue weighted by Crippen LogP contribution is -2.01. The van der Waals surface area contributed by atoms with Gasteiger partial charge >= 0.3 is 6.01 Å². The number of aromatic nitrogens is 2. The summed E-state index contributed by atoms with van der Waals surface area (Å²) in [5, 5.41) is 0. The van der Waals surface area contributed by atoms with Crippen molar-refractivity contribution in [2.45, 2.75) is 96.8 Å². The lowest BCUT2D eigenvalue weighted by Gasteiger charge is -2.08. The van der Waals surface area contributed by atoms with E-state index in [2.05, 4.69) is 65.4 Å². The van der Waals surface area contributed by atoms with E-state index in [1.54, 1.807) is 0 Å². The molecular weight excluding hydrogens is 440 g/mol. The molecular formula is C33H44N2O. The van der Waals surface area contributed by atoms with Gasteiger partial charge in [-0.2, -0.15) is 0 Å². The summed E-state index contributed by atoms with van der Waals surface area (Å²) in [5.74, 6) is 1.01. The molecule has 1 heterocycles. The molecule has 0 radical (unpaired) electrons. The van der Waals surface area contributed by atoms with Crippen LogP contribution in [0.25, 0.3) is 22.3 Å². The molecule has 4 rings (SSSR count). The lowest BCUT2D eigenvalue weighted by atomic mass is 9.99. The summed E-state index contributed by atoms with van der Waals surface area (Å²) in [6, 6.07) is 18.2. The Hall–Kier alpha value is -2.68. The Morgan fingerprint density at radius 1 is 0.667 bits per heavy atom. The van der Waals surface area contributed by atoms with E-state index in [0.717, 1.165) is 23.5 Å². The number of ether oxygens (including phenoxy) is 1. The summed E-state index contributed by atoms with van der Waals surface area (Å²) < 4.78 is 5.78. The lowest BCUT2D eigenvalue weighted by molar-refractivity contribution is 0.280. The summed E-state index contributed by atoms with van der Waals surface area (Å²) in [6.07, 6.45) is 22.4. The molecule has 1 aliphatic carbocycles. The van der Waals surface area contributed by atoms with Crippen LogP contribution in [0.4, 0.5) is 0 Å². The SMILES string of the molecule is CCCCCCc1ccc(-c2ccc(-c3cnc(OCCCCCCC4CCCC4)nc3)cc2)cc1. The van der Waals surface area contributed by atoms with Crippen LogP contribution in [0.3, 0.4) is 0 Å². The Balaban J connectivity index is 1.18. The molecule has 0 aliphatic heterocycles. The monoisotopic (exact) mass is 484 g/mol. The number of hydrogen-bond acceptors (Lipinski definition) is 3. The van der Waals surface area contributed by atoms with E-state index in [4.69, 9.17) is 4.74 Å². The highest BCUT2D eigenvalue weighted by molar-refractivity contribution is 5.69. The molecule has 0 atom stereocenters. The van der Waals surface area contributed by atoms with E-state index in [-0.39, 0.29) is 0 Å². The first-order valence-electron chi connectivity index (χ1n) is 14.5. The third-order valence-electron chi connectivity index (χ3n) is 7.67. The topological polar surface area (TPSA) is 35.0 Å². The zero-order valence-electron chi connectivity index (χ0n) is 22.3. The molecule has 0 unspecified atom stereocenters. The van der Waals surface area contributed by atoms with E-state index in [9.17, 15) is 0 Å². The van der Waals surface area contributed by atoms with Crippen LogP contribution in [0.15, 0.2) is 60.9 Å². The summed E-state index contributed by atoms with van der Waals surface area (Å²) in [7, 11) is 0. The Morgan fingerprint density at radius 2 is 1.25 bits per heavy atom. The summed E-state index contributed by atoms with van der Waals surface area (Å²) in [6.45, 7) is 2.96. The van der Waals surface area contributed by atoms with E-state index >= 15 is 0 Å². The third-order valence-corrected chi connectivity index (χ3v) is 7.67. The van der Waals surface area contributed by atoms with Crippen molar-refractivity contribution in [2.75, 3.05) is 6.61 Å². The summed E-state index contributed by atoms with van der Waals surface area (Å²) in [5.41, 5.74) is 6.08. The molecule has 2 aromatic carbocycles. The maximum absolute atomic E-state index is 5.78. The van der Waals surface area contributed by atoms with Crippen molar-refractivity contribution in [2.24, 2.45) is 5.92 Å². The fraction of sp³-hybridized carbons (Fsp3) is 0.515. The molecule has 3 nitrogen and oxygen atoms in total. The minimum Gasteiger partial charge on any atom is -0.463 e. The maximum Gasteiger partial charge on any atom is 0.316 e. The molecule has 36 heavy (non-hydrogen) atoms. The number of hydrogen-bond donors (Lipinski definition) is 0. The first-order valence-corrected chi connectivity index (χ1v) is 14.5. The van der Waals surface area contributed by atoms with Gasteiger partial charge in [0, 0.05) is 18.0 Å². The van der Waals surface area contributed by atoms with Crippen molar-refractivity contribution < 1.29 is 4.74 Å². The second-order valence-corrected chi connectivity index (χ2v) is 10.5. The van der Waals surface area contributed by atoms with Crippen LogP contribution < -0.4 is 4.74 Å². The van der Waals surface area contributed by atoms with Crippen molar-refractivity contribution in [1.82, 2.24) is 9.97 Å². The predicted molar refractivity (Wildman–Crippen MR) is 151 cm³/mol. The van der Waals surface area contributed by atoms with Crippen LogP contribution in [0.2, 0.25) is 0 Å². The highest BCUT2D eigenvalue weighted by Gasteiger charge is 2.13. The van der Waals surface area contributed by atoms with Crippen molar-refractivity contribution in [3.05, 3.63) is 66.5 Å². The molecule has 0 N–H and O–H groups in total. The average Bonchev–Trinajstić information content (AvgIpc) is 3.45. The highest BCUT2D eigenvalue weighted by Crippen LogP contribution is 2.29.